The largest absolute Gasteiger partial charge is 0.466 e. The van der Waals surface area contributed by atoms with E-state index in [-0.39, 0.29) is 24.4 Å². The number of esters is 1. The molecule has 0 amide bonds. The summed E-state index contributed by atoms with van der Waals surface area (Å²) in [6, 6.07) is 0. The van der Waals surface area contributed by atoms with Crippen molar-refractivity contribution < 1.29 is 33.7 Å². The lowest BCUT2D eigenvalue weighted by Gasteiger charge is -2.16. The average molecular weight is 304 g/mol. The second kappa shape index (κ2) is 11.0. The highest BCUT2D eigenvalue weighted by Gasteiger charge is 2.15. The fourth-order valence-corrected chi connectivity index (χ4v) is 0.819. The van der Waals surface area contributed by atoms with Crippen LogP contribution in [-0.2, 0) is 33.7 Å². The van der Waals surface area contributed by atoms with Crippen LogP contribution >= 0.6 is 0 Å². The molecule has 122 valence electrons. The van der Waals surface area contributed by atoms with Crippen LogP contribution in [0.3, 0.4) is 0 Å². The van der Waals surface area contributed by atoms with Crippen molar-refractivity contribution in [2.75, 3.05) is 6.61 Å². The standard InChI is InChI=1S/C8H14O4.C6H10O3/c1-6(9)5-7(10)11-12-8(2,3)4;1-3-9-6(8)4-5(2)7/h5H2,1-4H3;3-4H2,1-2H3. The molecule has 0 rings (SSSR count). The highest BCUT2D eigenvalue weighted by atomic mass is 17.2. The second-order valence-electron chi connectivity index (χ2n) is 5.21. The number of hydrogen-bond donors (Lipinski definition) is 0. The summed E-state index contributed by atoms with van der Waals surface area (Å²) in [6.07, 6.45) is -0.343. The molecular formula is C14H24O7. The number of ether oxygens (including phenoxy) is 1. The zero-order valence-corrected chi connectivity index (χ0v) is 13.5. The molecule has 0 aromatic heterocycles. The minimum atomic E-state index is -0.655. The number of carbonyl (C=O) groups excluding carboxylic acids is 4. The van der Waals surface area contributed by atoms with Crippen LogP contribution in [0.1, 0.15) is 54.4 Å². The molecule has 0 heterocycles. The summed E-state index contributed by atoms with van der Waals surface area (Å²) in [6.45, 7) is 9.95. The zero-order chi connectivity index (χ0) is 17.1. The van der Waals surface area contributed by atoms with Gasteiger partial charge >= 0.3 is 11.9 Å². The van der Waals surface area contributed by atoms with Gasteiger partial charge in [-0.15, -0.1) is 0 Å². The Hall–Kier alpha value is -1.76. The highest BCUT2D eigenvalue weighted by molar-refractivity contribution is 5.94. The van der Waals surface area contributed by atoms with Crippen LogP contribution < -0.4 is 0 Å². The lowest BCUT2D eigenvalue weighted by molar-refractivity contribution is -0.319. The van der Waals surface area contributed by atoms with Crippen LogP contribution in [0.5, 0.6) is 0 Å². The molecule has 0 aliphatic carbocycles. The van der Waals surface area contributed by atoms with Crippen molar-refractivity contribution in [2.24, 2.45) is 0 Å². The topological polar surface area (TPSA) is 96.0 Å². The Morgan fingerprint density at radius 2 is 1.29 bits per heavy atom. The molecule has 0 aromatic carbocycles. The summed E-state index contributed by atoms with van der Waals surface area (Å²) in [5.74, 6) is -1.49. The molecule has 7 nitrogen and oxygen atoms in total. The smallest absolute Gasteiger partial charge is 0.349 e. The van der Waals surface area contributed by atoms with Crippen molar-refractivity contribution in [1.82, 2.24) is 0 Å². The van der Waals surface area contributed by atoms with Crippen LogP contribution in [0.2, 0.25) is 0 Å². The molecule has 0 radical (unpaired) electrons. The molecule has 0 saturated carbocycles. The second-order valence-corrected chi connectivity index (χ2v) is 5.21. The van der Waals surface area contributed by atoms with E-state index in [2.05, 4.69) is 9.62 Å². The first kappa shape index (κ1) is 21.5. The molecule has 7 heteroatoms. The monoisotopic (exact) mass is 304 g/mol. The number of hydrogen-bond acceptors (Lipinski definition) is 7. The Labute approximate surface area is 124 Å². The summed E-state index contributed by atoms with van der Waals surface area (Å²) < 4.78 is 4.49. The third kappa shape index (κ3) is 20.7. The van der Waals surface area contributed by atoms with Gasteiger partial charge in [-0.3, -0.25) is 19.3 Å². The van der Waals surface area contributed by atoms with Crippen molar-refractivity contribution in [3.8, 4) is 0 Å². The van der Waals surface area contributed by atoms with E-state index in [4.69, 9.17) is 4.89 Å². The first-order valence-corrected chi connectivity index (χ1v) is 6.51. The quantitative estimate of drug-likeness (QED) is 0.319. The van der Waals surface area contributed by atoms with E-state index in [1.807, 2.05) is 0 Å². The summed E-state index contributed by atoms with van der Waals surface area (Å²) in [7, 11) is 0. The third-order valence-electron chi connectivity index (χ3n) is 1.48. The summed E-state index contributed by atoms with van der Waals surface area (Å²) in [4.78, 5) is 50.8. The predicted molar refractivity (Wildman–Crippen MR) is 74.2 cm³/mol. The Kier molecular flexibility index (Phi) is 11.2. The van der Waals surface area contributed by atoms with Crippen LogP contribution in [-0.4, -0.2) is 35.7 Å². The lowest BCUT2D eigenvalue weighted by atomic mass is 10.2. The van der Waals surface area contributed by atoms with E-state index < -0.39 is 17.5 Å². The predicted octanol–water partition coefficient (Wildman–Crippen LogP) is 1.77. The number of Topliss-reactive ketones (excluding diaryl/α,β-unsaturated/α-hetero) is 2. The number of rotatable bonds is 6. The Morgan fingerprint density at radius 1 is 0.857 bits per heavy atom. The van der Waals surface area contributed by atoms with Gasteiger partial charge in [0.25, 0.3) is 0 Å². The normalized spacial score (nSPS) is 10.0. The first-order valence-electron chi connectivity index (χ1n) is 6.51. The van der Waals surface area contributed by atoms with Gasteiger partial charge in [-0.2, -0.15) is 4.89 Å². The lowest BCUT2D eigenvalue weighted by Crippen LogP contribution is -2.22. The van der Waals surface area contributed by atoms with E-state index >= 15 is 0 Å². The molecule has 0 bridgehead atoms. The average Bonchev–Trinajstić information content (AvgIpc) is 2.24. The highest BCUT2D eigenvalue weighted by Crippen LogP contribution is 2.07. The van der Waals surface area contributed by atoms with Crippen molar-refractivity contribution in [2.45, 2.75) is 60.0 Å². The number of carbonyl (C=O) groups is 4. The minimum Gasteiger partial charge on any atom is -0.466 e. The molecule has 0 aromatic rings. The molecule has 0 saturated heterocycles. The SMILES string of the molecule is CC(=O)CC(=O)OOC(C)(C)C.CCOC(=O)CC(C)=O. The molecule has 0 N–H and O–H groups in total. The first-order chi connectivity index (χ1) is 9.47. The molecule has 0 spiro atoms. The molecular weight excluding hydrogens is 280 g/mol. The zero-order valence-electron chi connectivity index (χ0n) is 13.5. The van der Waals surface area contributed by atoms with Crippen LogP contribution in [0, 0.1) is 0 Å². The third-order valence-corrected chi connectivity index (χ3v) is 1.48. The van der Waals surface area contributed by atoms with Gasteiger partial charge in [-0.1, -0.05) is 0 Å². The Morgan fingerprint density at radius 3 is 1.62 bits per heavy atom. The van der Waals surface area contributed by atoms with E-state index in [1.54, 1.807) is 27.7 Å². The van der Waals surface area contributed by atoms with Gasteiger partial charge in [-0.05, 0) is 41.5 Å². The van der Waals surface area contributed by atoms with Gasteiger partial charge in [-0.25, -0.2) is 4.79 Å². The maximum Gasteiger partial charge on any atom is 0.349 e. The fourth-order valence-electron chi connectivity index (χ4n) is 0.819. The van der Waals surface area contributed by atoms with Crippen molar-refractivity contribution >= 4 is 23.5 Å². The van der Waals surface area contributed by atoms with Gasteiger partial charge in [0.05, 0.1) is 6.61 Å². The summed E-state index contributed by atoms with van der Waals surface area (Å²) >= 11 is 0. The van der Waals surface area contributed by atoms with E-state index in [1.165, 1.54) is 13.8 Å². The molecule has 21 heavy (non-hydrogen) atoms. The molecule has 0 fully saturated rings. The van der Waals surface area contributed by atoms with Gasteiger partial charge in [0.2, 0.25) is 0 Å². The van der Waals surface area contributed by atoms with Gasteiger partial charge in [0, 0.05) is 0 Å². The van der Waals surface area contributed by atoms with E-state index in [0.717, 1.165) is 0 Å². The fraction of sp³-hybridized carbons (Fsp3) is 0.714. The Balaban J connectivity index is 0. The van der Waals surface area contributed by atoms with E-state index in [0.29, 0.717) is 6.61 Å². The summed E-state index contributed by atoms with van der Waals surface area (Å²) in [5.41, 5.74) is -0.535. The van der Waals surface area contributed by atoms with Crippen LogP contribution in [0.25, 0.3) is 0 Å². The van der Waals surface area contributed by atoms with Crippen LogP contribution in [0.15, 0.2) is 0 Å². The maximum absolute atomic E-state index is 10.7. The van der Waals surface area contributed by atoms with Crippen molar-refractivity contribution in [3.05, 3.63) is 0 Å². The maximum atomic E-state index is 10.7. The molecule has 0 atom stereocenters. The summed E-state index contributed by atoms with van der Waals surface area (Å²) in [5, 5.41) is 0. The molecule has 0 aliphatic heterocycles. The Bertz CT molecular complexity index is 366. The molecule has 0 aliphatic rings. The van der Waals surface area contributed by atoms with E-state index in [9.17, 15) is 19.2 Å². The number of ketones is 2. The minimum absolute atomic E-state index is 0.103. The van der Waals surface area contributed by atoms with Gasteiger partial charge in [0.1, 0.15) is 30.0 Å². The van der Waals surface area contributed by atoms with Gasteiger partial charge in [0.15, 0.2) is 0 Å². The van der Waals surface area contributed by atoms with Gasteiger partial charge < -0.3 is 4.74 Å². The molecule has 0 unspecified atom stereocenters. The van der Waals surface area contributed by atoms with Crippen LogP contribution in [0.4, 0.5) is 0 Å². The van der Waals surface area contributed by atoms with Crippen molar-refractivity contribution in [3.63, 3.8) is 0 Å². The van der Waals surface area contributed by atoms with Crippen molar-refractivity contribution in [1.29, 1.82) is 0 Å².